The van der Waals surface area contributed by atoms with Crippen LogP contribution in [0.3, 0.4) is 0 Å². The zero-order valence-electron chi connectivity index (χ0n) is 15.9. The van der Waals surface area contributed by atoms with Gasteiger partial charge in [-0.15, -0.1) is 0 Å². The van der Waals surface area contributed by atoms with Crippen molar-refractivity contribution in [3.8, 4) is 11.5 Å². The molecule has 0 aliphatic carbocycles. The fraction of sp³-hybridized carbons (Fsp3) is 0.632. The molecule has 1 amide bonds. The zero-order chi connectivity index (χ0) is 18.2. The van der Waals surface area contributed by atoms with E-state index in [1.165, 1.54) is 0 Å². The zero-order valence-corrected chi connectivity index (χ0v) is 15.9. The fourth-order valence-corrected chi connectivity index (χ4v) is 2.83. The average molecular weight is 349 g/mol. The van der Waals surface area contributed by atoms with Crippen LogP contribution >= 0.6 is 0 Å². The lowest BCUT2D eigenvalue weighted by molar-refractivity contribution is -0.141. The number of amides is 1. The number of benzene rings is 1. The lowest BCUT2D eigenvalue weighted by atomic mass is 10.2. The quantitative estimate of drug-likeness (QED) is 0.677. The van der Waals surface area contributed by atoms with E-state index in [4.69, 9.17) is 9.47 Å². The maximum absolute atomic E-state index is 13.0. The smallest absolute Gasteiger partial charge is 0.267 e. The number of fused-ring (bicyclic) bond motifs is 1. The van der Waals surface area contributed by atoms with E-state index in [2.05, 4.69) is 9.80 Å². The van der Waals surface area contributed by atoms with Crippen LogP contribution in [-0.2, 0) is 4.79 Å². The van der Waals surface area contributed by atoms with Crippen molar-refractivity contribution in [2.75, 3.05) is 61.0 Å². The van der Waals surface area contributed by atoms with Crippen molar-refractivity contribution in [3.63, 3.8) is 0 Å². The average Bonchev–Trinajstić information content (AvgIpc) is 2.59. The lowest BCUT2D eigenvalue weighted by Gasteiger charge is -2.31. The Morgan fingerprint density at radius 3 is 2.08 bits per heavy atom. The largest absolute Gasteiger partial charge is 0.485 e. The molecule has 1 unspecified atom stereocenters. The molecule has 1 aliphatic rings. The highest BCUT2D eigenvalue weighted by Crippen LogP contribution is 2.31. The van der Waals surface area contributed by atoms with Crippen molar-refractivity contribution in [1.29, 1.82) is 0 Å². The van der Waals surface area contributed by atoms with Crippen molar-refractivity contribution in [3.05, 3.63) is 24.3 Å². The van der Waals surface area contributed by atoms with Crippen LogP contribution in [0.15, 0.2) is 24.3 Å². The van der Waals surface area contributed by atoms with Crippen LogP contribution in [-0.4, -0.2) is 87.7 Å². The molecule has 2 rings (SSSR count). The standard InChI is InChI=1S/C19H31N3O3/c1-20(2)11-7-13-22(14-8-12-21(3)4)19(23)18-15-24-16-9-5-6-10-17(16)25-18/h5-6,9-10,18H,7-8,11-15H2,1-4H3. The minimum Gasteiger partial charge on any atom is -0.485 e. The minimum absolute atomic E-state index is 0.0204. The van der Waals surface area contributed by atoms with E-state index >= 15 is 0 Å². The van der Waals surface area contributed by atoms with Crippen LogP contribution < -0.4 is 9.47 Å². The molecule has 25 heavy (non-hydrogen) atoms. The SMILES string of the molecule is CN(C)CCCN(CCCN(C)C)C(=O)C1COc2ccccc2O1. The molecule has 0 spiro atoms. The Morgan fingerprint density at radius 1 is 0.960 bits per heavy atom. The first-order valence-corrected chi connectivity index (χ1v) is 8.94. The Labute approximate surface area is 151 Å². The third-order valence-corrected chi connectivity index (χ3v) is 4.16. The van der Waals surface area contributed by atoms with Crippen LogP contribution in [0, 0.1) is 0 Å². The van der Waals surface area contributed by atoms with Gasteiger partial charge in [0.1, 0.15) is 6.61 Å². The van der Waals surface area contributed by atoms with E-state index in [-0.39, 0.29) is 12.5 Å². The van der Waals surface area contributed by atoms with Gasteiger partial charge in [-0.3, -0.25) is 4.79 Å². The number of hydrogen-bond donors (Lipinski definition) is 0. The summed E-state index contributed by atoms with van der Waals surface area (Å²) in [6.45, 7) is 3.68. The predicted molar refractivity (Wildman–Crippen MR) is 99.3 cm³/mol. The van der Waals surface area contributed by atoms with E-state index in [1.54, 1.807) is 0 Å². The molecular weight excluding hydrogens is 318 g/mol. The van der Waals surface area contributed by atoms with Gasteiger partial charge in [-0.1, -0.05) is 12.1 Å². The van der Waals surface area contributed by atoms with Gasteiger partial charge < -0.3 is 24.2 Å². The Bertz CT molecular complexity index is 534. The molecule has 0 saturated carbocycles. The molecule has 1 atom stereocenters. The van der Waals surface area contributed by atoms with Gasteiger partial charge in [0.05, 0.1) is 0 Å². The molecule has 0 N–H and O–H groups in total. The van der Waals surface area contributed by atoms with E-state index in [0.717, 1.165) is 39.0 Å². The Hall–Kier alpha value is -1.79. The first kappa shape index (κ1) is 19.5. The van der Waals surface area contributed by atoms with Crippen molar-refractivity contribution in [2.24, 2.45) is 0 Å². The fourth-order valence-electron chi connectivity index (χ4n) is 2.83. The van der Waals surface area contributed by atoms with Gasteiger partial charge >= 0.3 is 0 Å². The molecule has 1 aromatic rings. The summed E-state index contributed by atoms with van der Waals surface area (Å²) < 4.78 is 11.6. The summed E-state index contributed by atoms with van der Waals surface area (Å²) in [5.41, 5.74) is 0. The van der Waals surface area contributed by atoms with E-state index in [9.17, 15) is 4.79 Å². The summed E-state index contributed by atoms with van der Waals surface area (Å²) in [6.07, 6.45) is 1.34. The van der Waals surface area contributed by atoms with Crippen molar-refractivity contribution < 1.29 is 14.3 Å². The minimum atomic E-state index is -0.561. The molecule has 0 bridgehead atoms. The Kier molecular flexibility index (Phi) is 7.52. The molecular formula is C19H31N3O3. The first-order chi connectivity index (χ1) is 12.0. The van der Waals surface area contributed by atoms with Gasteiger partial charge in [0.15, 0.2) is 11.5 Å². The van der Waals surface area contributed by atoms with Crippen LogP contribution in [0.2, 0.25) is 0 Å². The second-order valence-corrected chi connectivity index (χ2v) is 7.00. The highest BCUT2D eigenvalue weighted by molar-refractivity contribution is 5.82. The van der Waals surface area contributed by atoms with Crippen molar-refractivity contribution >= 4 is 5.91 Å². The number of hydrogen-bond acceptors (Lipinski definition) is 5. The third kappa shape index (κ3) is 6.21. The number of carbonyl (C=O) groups is 1. The Morgan fingerprint density at radius 2 is 1.52 bits per heavy atom. The molecule has 140 valence electrons. The van der Waals surface area contributed by atoms with Crippen LogP contribution in [0.4, 0.5) is 0 Å². The van der Waals surface area contributed by atoms with Crippen molar-refractivity contribution in [1.82, 2.24) is 14.7 Å². The van der Waals surface area contributed by atoms with E-state index < -0.39 is 6.10 Å². The highest BCUT2D eigenvalue weighted by atomic mass is 16.6. The molecule has 0 fully saturated rings. The monoisotopic (exact) mass is 349 g/mol. The summed E-state index contributed by atoms with van der Waals surface area (Å²) in [5.74, 6) is 1.37. The van der Waals surface area contributed by atoms with Gasteiger partial charge in [-0.25, -0.2) is 0 Å². The van der Waals surface area contributed by atoms with Crippen LogP contribution in [0.1, 0.15) is 12.8 Å². The van der Waals surface area contributed by atoms with Crippen molar-refractivity contribution in [2.45, 2.75) is 18.9 Å². The normalized spacial score (nSPS) is 16.3. The third-order valence-electron chi connectivity index (χ3n) is 4.16. The van der Waals surface area contributed by atoms with E-state index in [1.807, 2.05) is 57.4 Å². The second kappa shape index (κ2) is 9.63. The molecule has 1 aromatic carbocycles. The van der Waals surface area contributed by atoms with Gasteiger partial charge in [0.2, 0.25) is 6.10 Å². The van der Waals surface area contributed by atoms with Gasteiger partial charge in [0.25, 0.3) is 5.91 Å². The maximum Gasteiger partial charge on any atom is 0.267 e. The molecule has 1 heterocycles. The second-order valence-electron chi connectivity index (χ2n) is 7.00. The van der Waals surface area contributed by atoms with Crippen LogP contribution in [0.25, 0.3) is 0 Å². The summed E-state index contributed by atoms with van der Waals surface area (Å²) in [5, 5.41) is 0. The lowest BCUT2D eigenvalue weighted by Crippen LogP contribution is -2.47. The summed E-state index contributed by atoms with van der Waals surface area (Å²) in [7, 11) is 8.20. The summed E-state index contributed by atoms with van der Waals surface area (Å²) in [6, 6.07) is 7.50. The van der Waals surface area contributed by atoms with Gasteiger partial charge in [-0.2, -0.15) is 0 Å². The number of nitrogens with zero attached hydrogens (tertiary/aromatic N) is 3. The predicted octanol–water partition coefficient (Wildman–Crippen LogP) is 1.56. The molecule has 0 saturated heterocycles. The molecule has 1 aliphatic heterocycles. The molecule has 0 radical (unpaired) electrons. The van der Waals surface area contributed by atoms with E-state index in [0.29, 0.717) is 11.5 Å². The molecule has 0 aromatic heterocycles. The molecule has 6 heteroatoms. The number of carbonyl (C=O) groups excluding carboxylic acids is 1. The summed E-state index contributed by atoms with van der Waals surface area (Å²) in [4.78, 5) is 19.2. The number of rotatable bonds is 9. The Balaban J connectivity index is 1.95. The number of para-hydroxylation sites is 2. The molecule has 6 nitrogen and oxygen atoms in total. The topological polar surface area (TPSA) is 45.2 Å². The van der Waals surface area contributed by atoms with Gasteiger partial charge in [0, 0.05) is 13.1 Å². The maximum atomic E-state index is 13.0. The highest BCUT2D eigenvalue weighted by Gasteiger charge is 2.30. The van der Waals surface area contributed by atoms with Gasteiger partial charge in [-0.05, 0) is 66.3 Å². The summed E-state index contributed by atoms with van der Waals surface area (Å²) >= 11 is 0. The van der Waals surface area contributed by atoms with Crippen LogP contribution in [0.5, 0.6) is 11.5 Å². The number of ether oxygens (including phenoxy) is 2. The first-order valence-electron chi connectivity index (χ1n) is 8.94.